The van der Waals surface area contributed by atoms with Gasteiger partial charge in [0.15, 0.2) is 0 Å². The van der Waals surface area contributed by atoms with Crippen molar-refractivity contribution in [3.63, 3.8) is 0 Å². The van der Waals surface area contributed by atoms with Gasteiger partial charge in [-0.05, 0) is 25.5 Å². The van der Waals surface area contributed by atoms with Crippen LogP contribution in [0.3, 0.4) is 0 Å². The molecule has 1 rings (SSSR count). The van der Waals surface area contributed by atoms with Crippen molar-refractivity contribution in [2.24, 2.45) is 5.84 Å². The van der Waals surface area contributed by atoms with Gasteiger partial charge < -0.3 is 4.74 Å². The first kappa shape index (κ1) is 12.6. The molecule has 4 heteroatoms. The molecule has 1 unspecified atom stereocenters. The zero-order chi connectivity index (χ0) is 11.3. The van der Waals surface area contributed by atoms with Crippen molar-refractivity contribution in [2.45, 2.75) is 19.9 Å². The van der Waals surface area contributed by atoms with Crippen molar-refractivity contribution < 1.29 is 4.74 Å². The Bertz CT molecular complexity index is 317. The number of nitrogens with one attached hydrogen (secondary N) is 1. The molecule has 0 aliphatic rings. The molecule has 0 heterocycles. The van der Waals surface area contributed by atoms with Crippen molar-refractivity contribution in [3.05, 3.63) is 33.8 Å². The minimum Gasteiger partial charge on any atom is -0.380 e. The lowest BCUT2D eigenvalue weighted by Crippen LogP contribution is -2.31. The predicted octanol–water partition coefficient (Wildman–Crippen LogP) is 2.30. The zero-order valence-corrected chi connectivity index (χ0v) is 10.7. The van der Waals surface area contributed by atoms with E-state index in [-0.39, 0.29) is 6.04 Å². The quantitative estimate of drug-likeness (QED) is 0.639. The lowest BCUT2D eigenvalue weighted by atomic mass is 10.1. The third kappa shape index (κ3) is 3.57. The molecule has 3 nitrogen and oxygen atoms in total. The first-order valence-corrected chi connectivity index (χ1v) is 5.78. The van der Waals surface area contributed by atoms with E-state index in [1.54, 1.807) is 0 Å². The molecule has 0 amide bonds. The molecule has 0 aliphatic heterocycles. The van der Waals surface area contributed by atoms with Gasteiger partial charge in [0.05, 0.1) is 12.6 Å². The second-order valence-corrected chi connectivity index (χ2v) is 4.26. The first-order valence-electron chi connectivity index (χ1n) is 4.99. The number of halogens is 1. The average molecular weight is 273 g/mol. The Morgan fingerprint density at radius 1 is 1.53 bits per heavy atom. The molecule has 0 aliphatic carbocycles. The van der Waals surface area contributed by atoms with Crippen LogP contribution in [0.4, 0.5) is 0 Å². The summed E-state index contributed by atoms with van der Waals surface area (Å²) < 4.78 is 6.42. The highest BCUT2D eigenvalue weighted by Crippen LogP contribution is 2.24. The van der Waals surface area contributed by atoms with E-state index in [4.69, 9.17) is 10.6 Å². The molecular weight excluding hydrogens is 256 g/mol. The lowest BCUT2D eigenvalue weighted by molar-refractivity contribution is 0.123. The molecule has 0 aromatic heterocycles. The predicted molar refractivity (Wildman–Crippen MR) is 65.4 cm³/mol. The number of rotatable bonds is 5. The highest BCUT2D eigenvalue weighted by Gasteiger charge is 2.12. The van der Waals surface area contributed by atoms with Gasteiger partial charge in [0.25, 0.3) is 0 Å². The Balaban J connectivity index is 2.85. The van der Waals surface area contributed by atoms with Gasteiger partial charge in [0.1, 0.15) is 0 Å². The summed E-state index contributed by atoms with van der Waals surface area (Å²) >= 11 is 3.51. The lowest BCUT2D eigenvalue weighted by Gasteiger charge is -2.18. The van der Waals surface area contributed by atoms with E-state index in [1.165, 1.54) is 5.56 Å². The van der Waals surface area contributed by atoms with E-state index in [1.807, 2.05) is 13.0 Å². The topological polar surface area (TPSA) is 47.3 Å². The zero-order valence-electron chi connectivity index (χ0n) is 9.09. The molecule has 3 N–H and O–H groups in total. The van der Waals surface area contributed by atoms with Crippen LogP contribution in [0.15, 0.2) is 22.7 Å². The Labute approximate surface area is 99.1 Å². The van der Waals surface area contributed by atoms with E-state index in [2.05, 4.69) is 40.4 Å². The fourth-order valence-corrected chi connectivity index (χ4v) is 1.92. The molecule has 0 saturated carbocycles. The van der Waals surface area contributed by atoms with Crippen LogP contribution in [0.2, 0.25) is 0 Å². The number of nitrogens with two attached hydrogens (primary N) is 1. The minimum atomic E-state index is 0.0271. The van der Waals surface area contributed by atoms with Gasteiger partial charge in [-0.2, -0.15) is 0 Å². The van der Waals surface area contributed by atoms with Gasteiger partial charge in [-0.3, -0.25) is 11.3 Å². The smallest absolute Gasteiger partial charge is 0.0704 e. The van der Waals surface area contributed by atoms with Crippen molar-refractivity contribution in [3.8, 4) is 0 Å². The van der Waals surface area contributed by atoms with Crippen LogP contribution in [-0.2, 0) is 4.74 Å². The summed E-state index contributed by atoms with van der Waals surface area (Å²) in [5, 5.41) is 0. The van der Waals surface area contributed by atoms with Gasteiger partial charge in [0.2, 0.25) is 0 Å². The van der Waals surface area contributed by atoms with Crippen LogP contribution in [0, 0.1) is 6.92 Å². The Morgan fingerprint density at radius 3 is 2.87 bits per heavy atom. The largest absolute Gasteiger partial charge is 0.380 e. The second kappa shape index (κ2) is 6.23. The van der Waals surface area contributed by atoms with Crippen molar-refractivity contribution >= 4 is 15.9 Å². The molecule has 0 spiro atoms. The summed E-state index contributed by atoms with van der Waals surface area (Å²) in [5.74, 6) is 5.51. The summed E-state index contributed by atoms with van der Waals surface area (Å²) in [6.45, 7) is 5.31. The molecule has 0 fully saturated rings. The standard InChI is InChI=1S/C11H17BrN2O/c1-3-15-7-11(14-13)9-6-8(2)4-5-10(9)12/h4-6,11,14H,3,7,13H2,1-2H3. The van der Waals surface area contributed by atoms with Crippen molar-refractivity contribution in [2.75, 3.05) is 13.2 Å². The summed E-state index contributed by atoms with van der Waals surface area (Å²) in [5.41, 5.74) is 5.11. The number of hydrazine groups is 1. The second-order valence-electron chi connectivity index (χ2n) is 3.40. The SMILES string of the molecule is CCOCC(NN)c1cc(C)ccc1Br. The van der Waals surface area contributed by atoms with Gasteiger partial charge in [0, 0.05) is 11.1 Å². The monoisotopic (exact) mass is 272 g/mol. The molecule has 15 heavy (non-hydrogen) atoms. The fraction of sp³-hybridized carbons (Fsp3) is 0.455. The highest BCUT2D eigenvalue weighted by molar-refractivity contribution is 9.10. The molecule has 1 aromatic carbocycles. The number of ether oxygens (including phenoxy) is 1. The summed E-state index contributed by atoms with van der Waals surface area (Å²) in [7, 11) is 0. The van der Waals surface area contributed by atoms with E-state index in [0.29, 0.717) is 13.2 Å². The van der Waals surface area contributed by atoms with Crippen LogP contribution < -0.4 is 11.3 Å². The van der Waals surface area contributed by atoms with Gasteiger partial charge in [-0.25, -0.2) is 0 Å². The van der Waals surface area contributed by atoms with E-state index >= 15 is 0 Å². The Kier molecular flexibility index (Phi) is 5.25. The van der Waals surface area contributed by atoms with Gasteiger partial charge in [-0.15, -0.1) is 0 Å². The maximum Gasteiger partial charge on any atom is 0.0704 e. The van der Waals surface area contributed by atoms with Crippen LogP contribution in [0.5, 0.6) is 0 Å². The Hall–Kier alpha value is -0.420. The third-order valence-electron chi connectivity index (χ3n) is 2.22. The van der Waals surface area contributed by atoms with Crippen LogP contribution >= 0.6 is 15.9 Å². The molecule has 1 atom stereocenters. The summed E-state index contributed by atoms with van der Waals surface area (Å²) in [6.07, 6.45) is 0. The Morgan fingerprint density at radius 2 is 2.27 bits per heavy atom. The van der Waals surface area contributed by atoms with E-state index in [0.717, 1.165) is 10.0 Å². The van der Waals surface area contributed by atoms with Gasteiger partial charge in [-0.1, -0.05) is 33.6 Å². The van der Waals surface area contributed by atoms with Crippen molar-refractivity contribution in [1.82, 2.24) is 5.43 Å². The first-order chi connectivity index (χ1) is 7.19. The summed E-state index contributed by atoms with van der Waals surface area (Å²) in [4.78, 5) is 0. The molecule has 0 saturated heterocycles. The molecule has 0 bridgehead atoms. The fourth-order valence-electron chi connectivity index (χ4n) is 1.39. The normalized spacial score (nSPS) is 12.8. The molecule has 1 aromatic rings. The van der Waals surface area contributed by atoms with E-state index < -0.39 is 0 Å². The number of benzene rings is 1. The van der Waals surface area contributed by atoms with Crippen molar-refractivity contribution in [1.29, 1.82) is 0 Å². The highest BCUT2D eigenvalue weighted by atomic mass is 79.9. The van der Waals surface area contributed by atoms with Crippen LogP contribution in [0.1, 0.15) is 24.1 Å². The molecule has 0 radical (unpaired) electrons. The van der Waals surface area contributed by atoms with Crippen LogP contribution in [-0.4, -0.2) is 13.2 Å². The number of aryl methyl sites for hydroxylation is 1. The van der Waals surface area contributed by atoms with Gasteiger partial charge >= 0.3 is 0 Å². The minimum absolute atomic E-state index is 0.0271. The summed E-state index contributed by atoms with van der Waals surface area (Å²) in [6, 6.07) is 6.22. The average Bonchev–Trinajstić information content (AvgIpc) is 2.24. The molecular formula is C11H17BrN2O. The maximum absolute atomic E-state index is 5.51. The molecule has 84 valence electrons. The van der Waals surface area contributed by atoms with E-state index in [9.17, 15) is 0 Å². The van der Waals surface area contributed by atoms with Crippen LogP contribution in [0.25, 0.3) is 0 Å². The maximum atomic E-state index is 5.51. The third-order valence-corrected chi connectivity index (χ3v) is 2.94. The number of hydrogen-bond acceptors (Lipinski definition) is 3. The number of hydrogen-bond donors (Lipinski definition) is 2.